The van der Waals surface area contributed by atoms with E-state index in [4.69, 9.17) is 18.8 Å². The molecule has 0 spiro atoms. The van der Waals surface area contributed by atoms with E-state index in [1.165, 1.54) is 6.42 Å². The van der Waals surface area contributed by atoms with Crippen LogP contribution in [0.2, 0.25) is 0 Å². The fourth-order valence-corrected chi connectivity index (χ4v) is 2.63. The summed E-state index contributed by atoms with van der Waals surface area (Å²) in [4.78, 5) is 8.68. The molecule has 7 heteroatoms. The Bertz CT molecular complexity index is 531. The lowest BCUT2D eigenvalue weighted by Crippen LogP contribution is -2.41. The Kier molecular flexibility index (Phi) is 4.62. The second-order valence-corrected chi connectivity index (χ2v) is 7.17. The molecular formula is C16H25BN2O4. The molecule has 1 aromatic rings. The van der Waals surface area contributed by atoms with Crippen LogP contribution in [0.25, 0.3) is 0 Å². The van der Waals surface area contributed by atoms with Crippen molar-refractivity contribution in [3.63, 3.8) is 0 Å². The van der Waals surface area contributed by atoms with E-state index >= 15 is 0 Å². The summed E-state index contributed by atoms with van der Waals surface area (Å²) in [7, 11) is -0.526. The molecule has 0 saturated carbocycles. The van der Waals surface area contributed by atoms with Crippen LogP contribution < -0.4 is 10.3 Å². The highest BCUT2D eigenvalue weighted by Crippen LogP contribution is 2.36. The SMILES string of the molecule is CC1(C)OB(c2cncc(OCC3CCCCO3)n2)OC1(C)C. The van der Waals surface area contributed by atoms with Gasteiger partial charge in [0.25, 0.3) is 0 Å². The van der Waals surface area contributed by atoms with E-state index in [0.29, 0.717) is 18.1 Å². The molecule has 2 fully saturated rings. The van der Waals surface area contributed by atoms with Crippen LogP contribution in [0, 0.1) is 0 Å². The van der Waals surface area contributed by atoms with Gasteiger partial charge >= 0.3 is 7.12 Å². The average Bonchev–Trinajstić information content (AvgIpc) is 2.75. The van der Waals surface area contributed by atoms with Gasteiger partial charge in [-0.15, -0.1) is 0 Å². The number of hydrogen-bond acceptors (Lipinski definition) is 6. The maximum absolute atomic E-state index is 5.99. The molecule has 23 heavy (non-hydrogen) atoms. The molecule has 0 radical (unpaired) electrons. The minimum atomic E-state index is -0.526. The van der Waals surface area contributed by atoms with Gasteiger partial charge in [0, 0.05) is 12.8 Å². The average molecular weight is 320 g/mol. The van der Waals surface area contributed by atoms with Crippen molar-refractivity contribution in [1.82, 2.24) is 9.97 Å². The van der Waals surface area contributed by atoms with Crippen molar-refractivity contribution >= 4 is 12.7 Å². The first kappa shape index (κ1) is 16.7. The highest BCUT2D eigenvalue weighted by atomic mass is 16.7. The van der Waals surface area contributed by atoms with E-state index in [0.717, 1.165) is 19.4 Å². The molecule has 3 heterocycles. The van der Waals surface area contributed by atoms with Gasteiger partial charge in [-0.25, -0.2) is 4.98 Å². The van der Waals surface area contributed by atoms with Crippen molar-refractivity contribution in [2.45, 2.75) is 64.3 Å². The van der Waals surface area contributed by atoms with Gasteiger partial charge in [-0.2, -0.15) is 0 Å². The molecule has 1 unspecified atom stereocenters. The van der Waals surface area contributed by atoms with Crippen molar-refractivity contribution in [3.05, 3.63) is 12.4 Å². The van der Waals surface area contributed by atoms with Crippen molar-refractivity contribution in [3.8, 4) is 5.88 Å². The summed E-state index contributed by atoms with van der Waals surface area (Å²) in [5.74, 6) is 0.478. The number of rotatable bonds is 4. The Morgan fingerprint density at radius 2 is 1.91 bits per heavy atom. The molecular weight excluding hydrogens is 295 g/mol. The fourth-order valence-electron chi connectivity index (χ4n) is 2.63. The summed E-state index contributed by atoms with van der Waals surface area (Å²) in [6.07, 6.45) is 6.76. The van der Waals surface area contributed by atoms with E-state index < -0.39 is 18.3 Å². The maximum atomic E-state index is 5.99. The third-order valence-corrected chi connectivity index (χ3v) is 4.82. The van der Waals surface area contributed by atoms with Crippen LogP contribution in [0.15, 0.2) is 12.4 Å². The molecule has 0 aromatic carbocycles. The highest BCUT2D eigenvalue weighted by Gasteiger charge is 2.52. The Balaban J connectivity index is 1.63. The number of nitrogens with zero attached hydrogens (tertiary/aromatic N) is 2. The third-order valence-electron chi connectivity index (χ3n) is 4.82. The molecule has 0 N–H and O–H groups in total. The van der Waals surface area contributed by atoms with Crippen LogP contribution in [0.1, 0.15) is 47.0 Å². The Hall–Kier alpha value is -1.18. The van der Waals surface area contributed by atoms with Crippen molar-refractivity contribution in [1.29, 1.82) is 0 Å². The zero-order chi connectivity index (χ0) is 16.5. The predicted molar refractivity (Wildman–Crippen MR) is 86.8 cm³/mol. The van der Waals surface area contributed by atoms with E-state index in [9.17, 15) is 0 Å². The van der Waals surface area contributed by atoms with Crippen molar-refractivity contribution in [2.24, 2.45) is 0 Å². The zero-order valence-electron chi connectivity index (χ0n) is 14.4. The summed E-state index contributed by atoms with van der Waals surface area (Å²) in [6.45, 7) is 9.37. The first-order chi connectivity index (χ1) is 10.9. The monoisotopic (exact) mass is 320 g/mol. The smallest absolute Gasteiger partial charge is 0.474 e. The first-order valence-corrected chi connectivity index (χ1v) is 8.29. The summed E-state index contributed by atoms with van der Waals surface area (Å²) in [6, 6.07) is 0. The minimum Gasteiger partial charge on any atom is -0.474 e. The van der Waals surface area contributed by atoms with Crippen LogP contribution in [-0.4, -0.2) is 47.6 Å². The topological polar surface area (TPSA) is 62.7 Å². The van der Waals surface area contributed by atoms with Crippen LogP contribution in [-0.2, 0) is 14.0 Å². The van der Waals surface area contributed by atoms with Crippen molar-refractivity contribution in [2.75, 3.05) is 13.2 Å². The predicted octanol–water partition coefficient (Wildman–Crippen LogP) is 1.72. The van der Waals surface area contributed by atoms with E-state index in [2.05, 4.69) is 9.97 Å². The fraction of sp³-hybridized carbons (Fsp3) is 0.750. The molecule has 1 atom stereocenters. The minimum absolute atomic E-state index is 0.144. The summed E-state index contributed by atoms with van der Waals surface area (Å²) in [5, 5.41) is 0. The summed E-state index contributed by atoms with van der Waals surface area (Å²) < 4.78 is 23.4. The Labute approximate surface area is 138 Å². The van der Waals surface area contributed by atoms with Gasteiger partial charge in [0.2, 0.25) is 5.88 Å². The number of ether oxygens (including phenoxy) is 2. The second kappa shape index (κ2) is 6.38. The van der Waals surface area contributed by atoms with Crippen LogP contribution in [0.4, 0.5) is 0 Å². The van der Waals surface area contributed by atoms with Crippen molar-refractivity contribution < 1.29 is 18.8 Å². The lowest BCUT2D eigenvalue weighted by Gasteiger charge is -2.32. The summed E-state index contributed by atoms with van der Waals surface area (Å²) >= 11 is 0. The maximum Gasteiger partial charge on any atom is 0.516 e. The Morgan fingerprint density at radius 3 is 2.57 bits per heavy atom. The molecule has 0 bridgehead atoms. The molecule has 1 aromatic heterocycles. The lowest BCUT2D eigenvalue weighted by molar-refractivity contribution is -0.0119. The summed E-state index contributed by atoms with van der Waals surface area (Å²) in [5.41, 5.74) is -0.163. The highest BCUT2D eigenvalue weighted by molar-refractivity contribution is 6.61. The van der Waals surface area contributed by atoms with Gasteiger partial charge < -0.3 is 18.8 Å². The number of aromatic nitrogens is 2. The van der Waals surface area contributed by atoms with Gasteiger partial charge in [0.05, 0.1) is 29.1 Å². The molecule has 0 aliphatic carbocycles. The number of hydrogen-bond donors (Lipinski definition) is 0. The van der Waals surface area contributed by atoms with Gasteiger partial charge in [-0.3, -0.25) is 4.98 Å². The van der Waals surface area contributed by atoms with Crippen LogP contribution in [0.5, 0.6) is 5.88 Å². The molecule has 2 aliphatic heterocycles. The standard InChI is InChI=1S/C16H25BN2O4/c1-15(2)16(3,4)23-17(22-15)13-9-18-10-14(19-13)21-11-12-7-5-6-8-20-12/h9-10,12H,5-8,11H2,1-4H3. The van der Waals surface area contributed by atoms with Gasteiger partial charge in [0.15, 0.2) is 0 Å². The van der Waals surface area contributed by atoms with Gasteiger partial charge in [-0.1, -0.05) is 0 Å². The molecule has 3 rings (SSSR count). The Morgan fingerprint density at radius 1 is 1.17 bits per heavy atom. The van der Waals surface area contributed by atoms with E-state index in [-0.39, 0.29) is 6.10 Å². The quantitative estimate of drug-likeness (QED) is 0.787. The normalized spacial score (nSPS) is 26.3. The van der Waals surface area contributed by atoms with Gasteiger partial charge in [-0.05, 0) is 47.0 Å². The third kappa shape index (κ3) is 3.67. The molecule has 2 aliphatic rings. The van der Waals surface area contributed by atoms with Crippen LogP contribution >= 0.6 is 0 Å². The molecule has 0 amide bonds. The van der Waals surface area contributed by atoms with E-state index in [1.54, 1.807) is 12.4 Å². The molecule has 2 saturated heterocycles. The van der Waals surface area contributed by atoms with Crippen LogP contribution in [0.3, 0.4) is 0 Å². The molecule has 6 nitrogen and oxygen atoms in total. The second-order valence-electron chi connectivity index (χ2n) is 7.17. The van der Waals surface area contributed by atoms with E-state index in [1.807, 2.05) is 27.7 Å². The van der Waals surface area contributed by atoms with Gasteiger partial charge in [0.1, 0.15) is 6.61 Å². The lowest BCUT2D eigenvalue weighted by atomic mass is 9.85. The first-order valence-electron chi connectivity index (χ1n) is 8.29. The zero-order valence-corrected chi connectivity index (χ0v) is 14.4. The largest absolute Gasteiger partial charge is 0.516 e. The molecule has 126 valence electrons.